The summed E-state index contributed by atoms with van der Waals surface area (Å²) in [5.74, 6) is 0.419. The molecule has 1 N–H and O–H groups in total. The Morgan fingerprint density at radius 2 is 2.56 bits per heavy atom. The van der Waals surface area contributed by atoms with Gasteiger partial charge in [-0.05, 0) is 22.0 Å². The molecule has 0 fully saturated rings. The predicted octanol–water partition coefficient (Wildman–Crippen LogP) is 1.76. The van der Waals surface area contributed by atoms with E-state index in [0.717, 1.165) is 0 Å². The van der Waals surface area contributed by atoms with Gasteiger partial charge in [0.1, 0.15) is 0 Å². The zero-order valence-corrected chi connectivity index (χ0v) is 7.71. The van der Waals surface area contributed by atoms with Gasteiger partial charge in [-0.15, -0.1) is 0 Å². The van der Waals surface area contributed by atoms with E-state index in [2.05, 4.69) is 33.7 Å². The van der Waals surface area contributed by atoms with Crippen molar-refractivity contribution in [3.05, 3.63) is 12.2 Å². The molecule has 0 saturated heterocycles. The van der Waals surface area contributed by atoms with Crippen LogP contribution in [0.4, 0.5) is 0 Å². The summed E-state index contributed by atoms with van der Waals surface area (Å²) in [6.45, 7) is 3.62. The highest BCUT2D eigenvalue weighted by atomic mass is 127. The van der Waals surface area contributed by atoms with Crippen LogP contribution in [0.3, 0.4) is 0 Å². The normalized spacial score (nSPS) is 19.0. The Labute approximate surface area is 68.0 Å². The second kappa shape index (κ2) is 2.75. The second-order valence-corrected chi connectivity index (χ2v) is 3.55. The molecule has 0 bridgehead atoms. The Morgan fingerprint density at radius 1 is 1.89 bits per heavy atom. The minimum Gasteiger partial charge on any atom is -0.282 e. The van der Waals surface area contributed by atoms with Crippen molar-refractivity contribution in [2.45, 2.75) is 0 Å². The number of amidine groups is 1. The molecule has 0 saturated carbocycles. The quantitative estimate of drug-likeness (QED) is 0.561. The molecule has 1 rings (SSSR count). The maximum absolute atomic E-state index is 7.32. The fourth-order valence-electron chi connectivity index (χ4n) is 0.446. The van der Waals surface area contributed by atoms with Gasteiger partial charge in [-0.3, -0.25) is 5.41 Å². The van der Waals surface area contributed by atoms with Crippen molar-refractivity contribution in [1.29, 1.82) is 5.41 Å². The topological polar surface area (TPSA) is 39.5 Å². The molecule has 0 amide bonds. The highest BCUT2D eigenvalue weighted by Crippen LogP contribution is 2.30. The van der Waals surface area contributed by atoms with Gasteiger partial charge in [-0.25, -0.2) is 4.78 Å². The van der Waals surface area contributed by atoms with Gasteiger partial charge in [0.25, 0.3) is 0 Å². The molecule has 1 unspecified atom stereocenters. The molecule has 3 nitrogen and oxygen atoms in total. The molecule has 9 heavy (non-hydrogen) atoms. The van der Waals surface area contributed by atoms with Gasteiger partial charge in [0.2, 0.25) is 0 Å². The van der Waals surface area contributed by atoms with Crippen molar-refractivity contribution in [2.75, 3.05) is 0 Å². The molecule has 0 aromatic heterocycles. The third kappa shape index (κ3) is 1.30. The average Bonchev–Trinajstić information content (AvgIpc) is 2.15. The smallest absolute Gasteiger partial charge is 0.153 e. The van der Waals surface area contributed by atoms with Crippen molar-refractivity contribution in [3.8, 4) is 0 Å². The van der Waals surface area contributed by atoms with Crippen LogP contribution in [0.25, 0.3) is 0 Å². The van der Waals surface area contributed by atoms with E-state index in [9.17, 15) is 0 Å². The van der Waals surface area contributed by atoms with E-state index < -0.39 is 0 Å². The Morgan fingerprint density at radius 3 is 2.78 bits per heavy atom. The Kier molecular flexibility index (Phi) is 2.18. The molecule has 48 valence electrons. The lowest BCUT2D eigenvalue weighted by atomic mass is 10.3. The van der Waals surface area contributed by atoms with Crippen LogP contribution in [0, 0.1) is 5.41 Å². The van der Waals surface area contributed by atoms with Gasteiger partial charge in [-0.2, -0.15) is 5.10 Å². The maximum Gasteiger partial charge on any atom is 0.153 e. The maximum atomic E-state index is 7.32. The molecule has 0 aromatic rings. The summed E-state index contributed by atoms with van der Waals surface area (Å²) in [6.07, 6.45) is 2.10. The summed E-state index contributed by atoms with van der Waals surface area (Å²) in [7, 11) is 0. The van der Waals surface area contributed by atoms with Crippen LogP contribution in [-0.4, -0.2) is 16.8 Å². The fourth-order valence-corrected chi connectivity index (χ4v) is 1.87. The van der Waals surface area contributed by atoms with Crippen LogP contribution in [0.5, 0.6) is 0 Å². The Balaban J connectivity index is 2.73. The van der Waals surface area contributed by atoms with Crippen LogP contribution in [0.1, 0.15) is 0 Å². The minimum absolute atomic E-state index is 0.419. The monoisotopic (exact) mass is 253 g/mol. The summed E-state index contributed by atoms with van der Waals surface area (Å²) >= 11 is 2.17. The molecule has 0 aliphatic carbocycles. The summed E-state index contributed by atoms with van der Waals surface area (Å²) in [6, 6.07) is 0. The van der Waals surface area contributed by atoms with E-state index in [-0.39, 0.29) is 0 Å². The molecule has 1 aliphatic heterocycles. The van der Waals surface area contributed by atoms with Crippen LogP contribution in [-0.2, 0) is 0 Å². The van der Waals surface area contributed by atoms with E-state index in [1.54, 1.807) is 11.0 Å². The van der Waals surface area contributed by atoms with Crippen molar-refractivity contribution in [3.63, 3.8) is 0 Å². The molecule has 1 heterocycles. The molecular weight excluding hydrogens is 248 g/mol. The number of nitrogens with one attached hydrogen (secondary N) is 1. The average molecular weight is 253 g/mol. The summed E-state index contributed by atoms with van der Waals surface area (Å²) in [5.41, 5.74) is 0.694. The van der Waals surface area contributed by atoms with Gasteiger partial charge < -0.3 is 0 Å². The first-order chi connectivity index (χ1) is 4.25. The zero-order chi connectivity index (χ0) is 6.85. The van der Waals surface area contributed by atoms with Gasteiger partial charge in [0, 0.05) is 5.57 Å². The lowest BCUT2D eigenvalue weighted by Crippen LogP contribution is -2.09. The van der Waals surface area contributed by atoms with E-state index in [1.807, 2.05) is 0 Å². The minimum atomic E-state index is 0.419. The zero-order valence-electron chi connectivity index (χ0n) is 4.56. The van der Waals surface area contributed by atoms with Crippen molar-refractivity contribution < 1.29 is 0 Å². The van der Waals surface area contributed by atoms with Crippen LogP contribution < -0.4 is 0 Å². The fraction of sp³-hybridized carbons (Fsp3) is 0. The first-order valence-electron chi connectivity index (χ1n) is 2.24. The number of nitrogens with zero attached hydrogens (tertiary/aromatic N) is 2. The van der Waals surface area contributed by atoms with Crippen LogP contribution in [0.2, 0.25) is 0 Å². The van der Waals surface area contributed by atoms with Gasteiger partial charge in [0.15, 0.2) is 5.84 Å². The second-order valence-electron chi connectivity index (χ2n) is 1.51. The van der Waals surface area contributed by atoms with E-state index in [4.69, 9.17) is 5.41 Å². The highest BCUT2D eigenvalue weighted by Gasteiger charge is 2.14. The third-order valence-electron chi connectivity index (χ3n) is 0.925. The summed E-state index contributed by atoms with van der Waals surface area (Å²) in [5, 5.41) is 11.2. The SMILES string of the molecule is C=C1C=NN(PI)C1=N. The number of rotatable bonds is 1. The lowest BCUT2D eigenvalue weighted by Gasteiger charge is -2.07. The van der Waals surface area contributed by atoms with E-state index >= 15 is 0 Å². The Hall–Kier alpha value is 0.0400. The molecule has 0 aromatic carbocycles. The van der Waals surface area contributed by atoms with Crippen LogP contribution >= 0.6 is 28.4 Å². The first kappa shape index (κ1) is 7.15. The van der Waals surface area contributed by atoms with Gasteiger partial charge in [0.05, 0.1) is 12.6 Å². The number of halogens is 1. The first-order valence-corrected chi connectivity index (χ1v) is 6.30. The van der Waals surface area contributed by atoms with Gasteiger partial charge >= 0.3 is 0 Å². The Bertz CT molecular complexity index is 188. The van der Waals surface area contributed by atoms with Crippen molar-refractivity contribution in [1.82, 2.24) is 4.78 Å². The predicted molar refractivity (Wildman–Crippen MR) is 49.5 cm³/mol. The molecular formula is C4H5IN3P. The molecule has 5 heteroatoms. The van der Waals surface area contributed by atoms with E-state index in [0.29, 0.717) is 17.8 Å². The molecule has 1 atom stereocenters. The number of hydrogen-bond donors (Lipinski definition) is 1. The standard InChI is InChI=1S/C4H5IN3P/c1-3-2-7-8(9-5)4(3)6/h2,6,9H,1H2. The number of hydrazone groups is 1. The molecule has 0 radical (unpaired) electrons. The van der Waals surface area contributed by atoms with Crippen molar-refractivity contribution >= 4 is 40.5 Å². The molecule has 0 spiro atoms. The highest BCUT2D eigenvalue weighted by molar-refractivity contribution is 14.2. The summed E-state index contributed by atoms with van der Waals surface area (Å²) < 4.78 is 1.61. The van der Waals surface area contributed by atoms with Crippen molar-refractivity contribution in [2.24, 2.45) is 5.10 Å². The lowest BCUT2D eigenvalue weighted by molar-refractivity contribution is 0.754. The number of hydrogen-bond acceptors (Lipinski definition) is 2. The summed E-state index contributed by atoms with van der Waals surface area (Å²) in [4.78, 5) is 0. The van der Waals surface area contributed by atoms with Gasteiger partial charge in [-0.1, -0.05) is 6.58 Å². The largest absolute Gasteiger partial charge is 0.282 e. The van der Waals surface area contributed by atoms with Crippen LogP contribution in [0.15, 0.2) is 17.3 Å². The molecule has 1 aliphatic rings. The van der Waals surface area contributed by atoms with E-state index in [1.165, 1.54) is 0 Å². The third-order valence-corrected chi connectivity index (χ3v) is 2.80.